The number of nitrogens with zero attached hydrogens (tertiary/aromatic N) is 3. The van der Waals surface area contributed by atoms with Crippen molar-refractivity contribution < 1.29 is 14.5 Å². The summed E-state index contributed by atoms with van der Waals surface area (Å²) in [6.07, 6.45) is 0. The van der Waals surface area contributed by atoms with Gasteiger partial charge in [0, 0.05) is 11.6 Å². The van der Waals surface area contributed by atoms with Crippen molar-refractivity contribution in [3.63, 3.8) is 0 Å². The minimum absolute atomic E-state index is 0.0394. The number of esters is 1. The number of hydrogen-bond donors (Lipinski definition) is 0. The lowest BCUT2D eigenvalue weighted by molar-refractivity contribution is -0.385. The Kier molecular flexibility index (Phi) is 6.21. The summed E-state index contributed by atoms with van der Waals surface area (Å²) in [4.78, 5) is 22.0. The molecule has 7 nitrogen and oxygen atoms in total. The zero-order valence-corrected chi connectivity index (χ0v) is 14.4. The Bertz CT molecular complexity index is 881. The van der Waals surface area contributed by atoms with Crippen molar-refractivity contribution in [3.05, 3.63) is 75.3 Å². The van der Waals surface area contributed by atoms with E-state index in [1.165, 1.54) is 31.4 Å². The molecule has 0 aliphatic heterocycles. The fourth-order valence-corrected chi connectivity index (χ4v) is 2.25. The number of hydrogen-bond acceptors (Lipinski definition) is 6. The summed E-state index contributed by atoms with van der Waals surface area (Å²) >= 11 is 12.1. The Balaban J connectivity index is 2.33. The average Bonchev–Trinajstić information content (AvgIpc) is 2.65. The molecule has 0 fully saturated rings. The van der Waals surface area contributed by atoms with Crippen LogP contribution in [0, 0.1) is 10.1 Å². The number of nitro groups is 1. The molecule has 0 unspecified atom stereocenters. The van der Waals surface area contributed by atoms with Crippen LogP contribution in [0.15, 0.2) is 58.7 Å². The Morgan fingerprint density at radius 1 is 1.04 bits per heavy atom. The van der Waals surface area contributed by atoms with Gasteiger partial charge in [0.25, 0.3) is 5.69 Å². The first-order valence-electron chi connectivity index (χ1n) is 6.83. The lowest BCUT2D eigenvalue weighted by Crippen LogP contribution is -2.03. The highest BCUT2D eigenvalue weighted by atomic mass is 35.5. The van der Waals surface area contributed by atoms with E-state index in [9.17, 15) is 14.9 Å². The van der Waals surface area contributed by atoms with Gasteiger partial charge in [-0.05, 0) is 18.2 Å². The van der Waals surface area contributed by atoms with Gasteiger partial charge >= 0.3 is 5.97 Å². The molecule has 0 saturated carbocycles. The van der Waals surface area contributed by atoms with Gasteiger partial charge in [0.2, 0.25) is 0 Å². The van der Waals surface area contributed by atoms with Gasteiger partial charge in [0.05, 0.1) is 23.2 Å². The molecule has 2 rings (SSSR count). The van der Waals surface area contributed by atoms with Crippen LogP contribution in [0.25, 0.3) is 0 Å². The third kappa shape index (κ3) is 4.62. The van der Waals surface area contributed by atoms with Gasteiger partial charge in [-0.15, -0.1) is 10.2 Å². The Hall–Kier alpha value is -2.77. The van der Waals surface area contributed by atoms with Crippen LogP contribution in [0.4, 0.5) is 5.69 Å². The summed E-state index contributed by atoms with van der Waals surface area (Å²) in [5.74, 6) is -0.521. The predicted molar refractivity (Wildman–Crippen MR) is 95.7 cm³/mol. The number of ether oxygens (including phenoxy) is 1. The van der Waals surface area contributed by atoms with Gasteiger partial charge in [0.15, 0.2) is 10.3 Å². The highest BCUT2D eigenvalue weighted by molar-refractivity contribution is 6.71. The van der Waals surface area contributed by atoms with Crippen LogP contribution >= 0.6 is 23.2 Å². The van der Waals surface area contributed by atoms with Crippen molar-refractivity contribution in [1.29, 1.82) is 0 Å². The molecule has 0 aliphatic carbocycles. The highest BCUT2D eigenvalue weighted by Gasteiger charge is 2.16. The minimum Gasteiger partial charge on any atom is -0.465 e. The zero-order valence-electron chi connectivity index (χ0n) is 12.8. The number of halogens is 2. The molecule has 0 heterocycles. The Morgan fingerprint density at radius 3 is 2.36 bits per heavy atom. The molecule has 0 bridgehead atoms. The molecule has 0 radical (unpaired) electrons. The van der Waals surface area contributed by atoms with Gasteiger partial charge in [-0.1, -0.05) is 47.5 Å². The first kappa shape index (κ1) is 18.6. The second kappa shape index (κ2) is 8.36. The molecule has 0 saturated heterocycles. The molecule has 0 atom stereocenters. The summed E-state index contributed by atoms with van der Waals surface area (Å²) in [7, 11) is 1.27. The first-order valence-corrected chi connectivity index (χ1v) is 7.59. The molecule has 9 heteroatoms. The molecule has 25 heavy (non-hydrogen) atoms. The largest absolute Gasteiger partial charge is 0.465 e. The maximum atomic E-state index is 11.5. The topological polar surface area (TPSA) is 94.2 Å². The minimum atomic E-state index is -0.571. The monoisotopic (exact) mass is 379 g/mol. The fourth-order valence-electron chi connectivity index (χ4n) is 1.90. The maximum Gasteiger partial charge on any atom is 0.337 e. The lowest BCUT2D eigenvalue weighted by Gasteiger charge is -2.02. The van der Waals surface area contributed by atoms with Crippen molar-refractivity contribution in [2.24, 2.45) is 10.2 Å². The molecule has 128 valence electrons. The number of methoxy groups -OCH3 is 1. The van der Waals surface area contributed by atoms with Crippen LogP contribution in [0.2, 0.25) is 0 Å². The van der Waals surface area contributed by atoms with E-state index in [1.54, 1.807) is 24.3 Å². The van der Waals surface area contributed by atoms with Gasteiger partial charge in [-0.25, -0.2) is 4.79 Å². The molecular formula is C16H11Cl2N3O4. The zero-order chi connectivity index (χ0) is 18.4. The number of carbonyl (C=O) groups is 1. The van der Waals surface area contributed by atoms with E-state index in [0.717, 1.165) is 0 Å². The molecular weight excluding hydrogens is 369 g/mol. The second-order valence-electron chi connectivity index (χ2n) is 4.63. The van der Waals surface area contributed by atoms with Gasteiger partial charge < -0.3 is 4.74 Å². The van der Waals surface area contributed by atoms with E-state index in [2.05, 4.69) is 14.9 Å². The predicted octanol–water partition coefficient (Wildman–Crippen LogP) is 3.97. The molecule has 0 N–H and O–H groups in total. The Labute approximate surface area is 152 Å². The number of nitro benzene ring substituents is 1. The number of carbonyl (C=O) groups excluding carboxylic acids is 1. The first-order chi connectivity index (χ1) is 11.9. The van der Waals surface area contributed by atoms with Gasteiger partial charge in [0.1, 0.15) is 0 Å². The van der Waals surface area contributed by atoms with Crippen LogP contribution in [0.3, 0.4) is 0 Å². The van der Waals surface area contributed by atoms with E-state index in [0.29, 0.717) is 11.1 Å². The summed E-state index contributed by atoms with van der Waals surface area (Å²) < 4.78 is 4.63. The van der Waals surface area contributed by atoms with Crippen molar-refractivity contribution in [2.45, 2.75) is 0 Å². The van der Waals surface area contributed by atoms with Crippen LogP contribution in [0.5, 0.6) is 0 Å². The average molecular weight is 380 g/mol. The Morgan fingerprint density at radius 2 is 1.68 bits per heavy atom. The van der Waals surface area contributed by atoms with Crippen LogP contribution in [-0.4, -0.2) is 28.3 Å². The smallest absolute Gasteiger partial charge is 0.337 e. The van der Waals surface area contributed by atoms with Gasteiger partial charge in [-0.2, -0.15) is 0 Å². The van der Waals surface area contributed by atoms with Crippen molar-refractivity contribution in [3.8, 4) is 0 Å². The summed E-state index contributed by atoms with van der Waals surface area (Å²) in [5.41, 5.74) is 0.628. The van der Waals surface area contributed by atoms with E-state index in [4.69, 9.17) is 23.2 Å². The third-order valence-electron chi connectivity index (χ3n) is 3.07. The highest BCUT2D eigenvalue weighted by Crippen LogP contribution is 2.20. The summed E-state index contributed by atoms with van der Waals surface area (Å²) in [5, 5.41) is 18.3. The van der Waals surface area contributed by atoms with Crippen LogP contribution in [0.1, 0.15) is 21.5 Å². The van der Waals surface area contributed by atoms with Crippen molar-refractivity contribution in [1.82, 2.24) is 0 Å². The normalized spacial score (nSPS) is 12.0. The number of para-hydroxylation sites is 1. The van der Waals surface area contributed by atoms with Crippen molar-refractivity contribution >= 4 is 45.2 Å². The summed E-state index contributed by atoms with van der Waals surface area (Å²) in [6, 6.07) is 12.1. The van der Waals surface area contributed by atoms with E-state index < -0.39 is 10.9 Å². The second-order valence-corrected chi connectivity index (χ2v) is 5.34. The molecule has 2 aromatic rings. The molecule has 2 aromatic carbocycles. The number of benzene rings is 2. The van der Waals surface area contributed by atoms with Crippen molar-refractivity contribution in [2.75, 3.05) is 7.11 Å². The summed E-state index contributed by atoms with van der Waals surface area (Å²) in [6.45, 7) is 0. The van der Waals surface area contributed by atoms with Gasteiger partial charge in [-0.3, -0.25) is 10.1 Å². The number of rotatable bonds is 5. The van der Waals surface area contributed by atoms with Crippen LogP contribution in [-0.2, 0) is 4.74 Å². The molecule has 0 amide bonds. The fraction of sp³-hybridized carbons (Fsp3) is 0.0625. The quantitative estimate of drug-likeness (QED) is 0.340. The third-order valence-corrected chi connectivity index (χ3v) is 3.64. The maximum absolute atomic E-state index is 11.5. The molecule has 0 aliphatic rings. The lowest BCUT2D eigenvalue weighted by atomic mass is 10.1. The van der Waals surface area contributed by atoms with E-state index >= 15 is 0 Å². The SMILES string of the molecule is COC(=O)c1cccc(/C(Cl)=N/N=C(\Cl)c2ccccc2[N+](=O)[O-])c1. The van der Waals surface area contributed by atoms with E-state index in [1.807, 2.05) is 0 Å². The van der Waals surface area contributed by atoms with Crippen LogP contribution < -0.4 is 0 Å². The molecule has 0 spiro atoms. The van der Waals surface area contributed by atoms with E-state index in [-0.39, 0.29) is 21.6 Å². The standard InChI is InChI=1S/C16H11Cl2N3O4/c1-25-16(22)11-6-4-5-10(9-11)14(17)19-20-15(18)12-7-2-3-8-13(12)21(23)24/h2-9H,1H3/b19-14-,20-15-. The molecule has 0 aromatic heterocycles.